The quantitative estimate of drug-likeness (QED) is 0.794. The molecule has 0 amide bonds. The van der Waals surface area contributed by atoms with E-state index in [0.717, 1.165) is 6.42 Å². The number of nitrogens with zero attached hydrogens (tertiary/aromatic N) is 2. The molecule has 136 valence electrons. The molecule has 1 heterocycles. The summed E-state index contributed by atoms with van der Waals surface area (Å²) in [6, 6.07) is 2.84. The topological polar surface area (TPSA) is 51.5 Å². The molecule has 0 N–H and O–H groups in total. The number of ether oxygens (including phenoxy) is 1. The number of fused-ring (bicyclic) bond motifs is 1. The highest BCUT2D eigenvalue weighted by Gasteiger charge is 2.23. The zero-order chi connectivity index (χ0) is 18.9. The number of carbonyl (C=O) groups is 1. The fraction of sp³-hybridized carbons (Fsp3) is 0.474. The van der Waals surface area contributed by atoms with Gasteiger partial charge in [-0.3, -0.25) is 4.79 Å². The summed E-state index contributed by atoms with van der Waals surface area (Å²) in [6.45, 7) is 7.90. The molecule has 0 bridgehead atoms. The lowest BCUT2D eigenvalue weighted by Gasteiger charge is -2.21. The van der Waals surface area contributed by atoms with E-state index in [-0.39, 0.29) is 10.9 Å². The van der Waals surface area contributed by atoms with Gasteiger partial charge in [-0.05, 0) is 39.3 Å². The van der Waals surface area contributed by atoms with Gasteiger partial charge in [0.15, 0.2) is 0 Å². The smallest absolute Gasteiger partial charge is 0.344 e. The van der Waals surface area contributed by atoms with Crippen LogP contribution in [0.5, 0.6) is 0 Å². The van der Waals surface area contributed by atoms with Crippen molar-refractivity contribution in [2.75, 3.05) is 18.5 Å². The number of halogens is 1. The van der Waals surface area contributed by atoms with Gasteiger partial charge in [0.1, 0.15) is 17.0 Å². The van der Waals surface area contributed by atoms with E-state index in [1.807, 2.05) is 6.92 Å². The number of benzene rings is 1. The second kappa shape index (κ2) is 6.86. The summed E-state index contributed by atoms with van der Waals surface area (Å²) in [5.74, 6) is -1.19. The van der Waals surface area contributed by atoms with Crippen LogP contribution >= 0.6 is 0 Å². The van der Waals surface area contributed by atoms with Crippen molar-refractivity contribution < 1.29 is 13.9 Å². The van der Waals surface area contributed by atoms with Crippen LogP contribution in [0.4, 0.5) is 10.1 Å². The predicted octanol–water partition coefficient (Wildman–Crippen LogP) is 3.48. The summed E-state index contributed by atoms with van der Waals surface area (Å²) in [7, 11) is 3.53. The van der Waals surface area contributed by atoms with Gasteiger partial charge >= 0.3 is 5.97 Å². The summed E-state index contributed by atoms with van der Waals surface area (Å²) in [5.41, 5.74) is -0.342. The predicted molar refractivity (Wildman–Crippen MR) is 97.9 cm³/mol. The van der Waals surface area contributed by atoms with Crippen molar-refractivity contribution in [3.05, 3.63) is 39.9 Å². The number of hydrogen-bond acceptors (Lipinski definition) is 4. The lowest BCUT2D eigenvalue weighted by atomic mass is 10.1. The molecule has 25 heavy (non-hydrogen) atoms. The Labute approximate surface area is 147 Å². The molecule has 1 aromatic carbocycles. The minimum atomic E-state index is -0.713. The molecule has 0 atom stereocenters. The molecule has 0 saturated heterocycles. The molecule has 0 spiro atoms. The number of rotatable bonds is 4. The average molecular weight is 348 g/mol. The van der Waals surface area contributed by atoms with Crippen molar-refractivity contribution in [2.24, 2.45) is 7.05 Å². The Bertz CT molecular complexity index is 866. The second-order valence-electron chi connectivity index (χ2n) is 7.23. The molecule has 0 saturated carbocycles. The van der Waals surface area contributed by atoms with Crippen LogP contribution in [0.25, 0.3) is 10.9 Å². The van der Waals surface area contributed by atoms with Crippen molar-refractivity contribution in [1.82, 2.24) is 4.57 Å². The third-order valence-corrected chi connectivity index (χ3v) is 3.85. The number of pyridine rings is 1. The second-order valence-corrected chi connectivity index (χ2v) is 7.23. The van der Waals surface area contributed by atoms with Crippen LogP contribution < -0.4 is 10.3 Å². The van der Waals surface area contributed by atoms with Crippen molar-refractivity contribution in [3.8, 4) is 0 Å². The van der Waals surface area contributed by atoms with Gasteiger partial charge in [0.25, 0.3) is 0 Å². The van der Waals surface area contributed by atoms with Crippen LogP contribution in [-0.2, 0) is 11.8 Å². The van der Waals surface area contributed by atoms with Crippen LogP contribution in [0.1, 0.15) is 44.5 Å². The van der Waals surface area contributed by atoms with Crippen LogP contribution in [0.15, 0.2) is 23.1 Å². The highest BCUT2D eigenvalue weighted by atomic mass is 19.1. The summed E-state index contributed by atoms with van der Waals surface area (Å²) in [6.07, 6.45) is 2.32. The molecule has 0 aliphatic carbocycles. The first-order valence-electron chi connectivity index (χ1n) is 8.32. The zero-order valence-electron chi connectivity index (χ0n) is 15.6. The van der Waals surface area contributed by atoms with E-state index in [9.17, 15) is 14.0 Å². The molecule has 0 fully saturated rings. The first-order chi connectivity index (χ1) is 11.5. The number of hydrogen-bond donors (Lipinski definition) is 0. The van der Waals surface area contributed by atoms with Gasteiger partial charge in [-0.15, -0.1) is 0 Å². The lowest BCUT2D eigenvalue weighted by molar-refractivity contribution is 0.00675. The molecular weight excluding hydrogens is 323 g/mol. The molecule has 0 unspecified atom stereocenters. The van der Waals surface area contributed by atoms with Crippen molar-refractivity contribution in [1.29, 1.82) is 0 Å². The van der Waals surface area contributed by atoms with Crippen molar-refractivity contribution in [2.45, 2.75) is 39.7 Å². The summed E-state index contributed by atoms with van der Waals surface area (Å²) >= 11 is 0. The van der Waals surface area contributed by atoms with Gasteiger partial charge in [-0.2, -0.15) is 0 Å². The standard InChI is InChI=1S/C19H25FN2O3/c1-7-8-21(5)16-10-15-12(9-14(16)20)17(23)13(11-22(15)6)18(24)25-19(2,3)4/h9-11H,7-8H2,1-6H3. The highest BCUT2D eigenvalue weighted by molar-refractivity contribution is 5.94. The maximum absolute atomic E-state index is 14.5. The highest BCUT2D eigenvalue weighted by Crippen LogP contribution is 2.24. The monoisotopic (exact) mass is 348 g/mol. The van der Waals surface area contributed by atoms with Gasteiger partial charge in [-0.25, -0.2) is 9.18 Å². The lowest BCUT2D eigenvalue weighted by Crippen LogP contribution is -2.28. The first kappa shape index (κ1) is 19.0. The molecule has 0 aliphatic rings. The molecule has 5 nitrogen and oxygen atoms in total. The molecule has 0 radical (unpaired) electrons. The Morgan fingerprint density at radius 1 is 1.32 bits per heavy atom. The van der Waals surface area contributed by atoms with Gasteiger partial charge in [-0.1, -0.05) is 6.92 Å². The maximum Gasteiger partial charge on any atom is 0.344 e. The summed E-state index contributed by atoms with van der Waals surface area (Å²) in [4.78, 5) is 26.8. The third kappa shape index (κ3) is 4.00. The van der Waals surface area contributed by atoms with Gasteiger partial charge in [0.2, 0.25) is 5.43 Å². The number of carbonyl (C=O) groups excluding carboxylic acids is 1. The van der Waals surface area contributed by atoms with Gasteiger partial charge in [0, 0.05) is 32.2 Å². The normalized spacial score (nSPS) is 11.6. The molecule has 6 heteroatoms. The molecule has 0 aliphatic heterocycles. The Balaban J connectivity index is 2.62. The van der Waals surface area contributed by atoms with Gasteiger partial charge < -0.3 is 14.2 Å². The molecular formula is C19H25FN2O3. The number of aromatic nitrogens is 1. The Morgan fingerprint density at radius 3 is 2.52 bits per heavy atom. The van der Waals surface area contributed by atoms with Crippen molar-refractivity contribution in [3.63, 3.8) is 0 Å². The maximum atomic E-state index is 14.5. The fourth-order valence-electron chi connectivity index (χ4n) is 2.72. The third-order valence-electron chi connectivity index (χ3n) is 3.85. The summed E-state index contributed by atoms with van der Waals surface area (Å²) in [5, 5.41) is 0.164. The zero-order valence-corrected chi connectivity index (χ0v) is 15.6. The molecule has 2 aromatic rings. The van der Waals surface area contributed by atoms with E-state index < -0.39 is 22.8 Å². The minimum absolute atomic E-state index is 0.0982. The summed E-state index contributed by atoms with van der Waals surface area (Å²) < 4.78 is 21.4. The van der Waals surface area contributed by atoms with E-state index in [2.05, 4.69) is 0 Å². The van der Waals surface area contributed by atoms with Crippen LogP contribution in [-0.4, -0.2) is 29.7 Å². The number of anilines is 1. The van der Waals surface area contributed by atoms with E-state index in [4.69, 9.17) is 4.74 Å². The Kier molecular flexibility index (Phi) is 5.20. The number of aryl methyl sites for hydroxylation is 1. The SMILES string of the molecule is CCCN(C)c1cc2c(cc1F)c(=O)c(C(=O)OC(C)(C)C)cn2C. The Hall–Kier alpha value is -2.37. The van der Waals surface area contributed by atoms with E-state index in [0.29, 0.717) is 17.7 Å². The largest absolute Gasteiger partial charge is 0.456 e. The Morgan fingerprint density at radius 2 is 1.96 bits per heavy atom. The van der Waals surface area contributed by atoms with E-state index in [1.54, 1.807) is 50.4 Å². The average Bonchev–Trinajstić information content (AvgIpc) is 2.48. The molecule has 1 aromatic heterocycles. The first-order valence-corrected chi connectivity index (χ1v) is 8.32. The van der Waals surface area contributed by atoms with Gasteiger partial charge in [0.05, 0.1) is 11.2 Å². The molecule has 2 rings (SSSR count). The minimum Gasteiger partial charge on any atom is -0.456 e. The van der Waals surface area contributed by atoms with Crippen LogP contribution in [0.3, 0.4) is 0 Å². The van der Waals surface area contributed by atoms with Crippen LogP contribution in [0.2, 0.25) is 0 Å². The van der Waals surface area contributed by atoms with Crippen molar-refractivity contribution >= 4 is 22.6 Å². The van der Waals surface area contributed by atoms with Crippen LogP contribution in [0, 0.1) is 5.82 Å². The van der Waals surface area contributed by atoms with E-state index >= 15 is 0 Å². The number of esters is 1. The fourth-order valence-corrected chi connectivity index (χ4v) is 2.72. The van der Waals surface area contributed by atoms with E-state index in [1.165, 1.54) is 12.3 Å².